The molecule has 0 amide bonds. The fraction of sp³-hybridized carbons (Fsp3) is 0.107. The van der Waals surface area contributed by atoms with Gasteiger partial charge in [0.25, 0.3) is 0 Å². The number of nitrogens with one attached hydrogen (secondary N) is 1. The number of benzene rings is 4. The van der Waals surface area contributed by atoms with E-state index in [1.165, 1.54) is 0 Å². The highest BCUT2D eigenvalue weighted by Crippen LogP contribution is 2.50. The fourth-order valence-corrected chi connectivity index (χ4v) is 4.92. The van der Waals surface area contributed by atoms with Crippen LogP contribution in [0, 0.1) is 0 Å². The number of ether oxygens (including phenoxy) is 2. The van der Waals surface area contributed by atoms with Crippen molar-refractivity contribution in [2.45, 2.75) is 5.92 Å². The van der Waals surface area contributed by atoms with Crippen LogP contribution in [-0.4, -0.2) is 14.2 Å². The topological polar surface area (TPSA) is 60.7 Å². The highest BCUT2D eigenvalue weighted by atomic mass is 16.5. The Bertz CT molecular complexity index is 1600. The van der Waals surface area contributed by atoms with E-state index in [1.807, 2.05) is 54.6 Å². The Labute approximate surface area is 190 Å². The van der Waals surface area contributed by atoms with Gasteiger partial charge in [-0.25, -0.2) is 4.79 Å². The summed E-state index contributed by atoms with van der Waals surface area (Å²) in [7, 11) is 3.25. The maximum Gasteiger partial charge on any atom is 0.342 e. The largest absolute Gasteiger partial charge is 0.497 e. The molecule has 0 bridgehead atoms. The van der Waals surface area contributed by atoms with Crippen LogP contribution in [-0.2, 0) is 0 Å². The van der Waals surface area contributed by atoms with E-state index in [2.05, 4.69) is 29.6 Å². The van der Waals surface area contributed by atoms with Gasteiger partial charge in [0.1, 0.15) is 17.1 Å². The third kappa shape index (κ3) is 2.89. The van der Waals surface area contributed by atoms with Crippen LogP contribution < -0.4 is 20.4 Å². The predicted molar refractivity (Wildman–Crippen MR) is 130 cm³/mol. The average molecular weight is 435 g/mol. The van der Waals surface area contributed by atoms with E-state index < -0.39 is 0 Å². The van der Waals surface area contributed by atoms with Crippen LogP contribution in [0.25, 0.3) is 21.7 Å². The molecule has 0 aliphatic carbocycles. The molecule has 1 atom stereocenters. The predicted octanol–water partition coefficient (Wildman–Crippen LogP) is 6.20. The number of fused-ring (bicyclic) bond motifs is 6. The second-order valence-electron chi connectivity index (χ2n) is 8.09. The molecule has 1 unspecified atom stereocenters. The Balaban J connectivity index is 1.76. The molecule has 6 rings (SSSR count). The number of hydrogen-bond donors (Lipinski definition) is 1. The van der Waals surface area contributed by atoms with Gasteiger partial charge in [-0.3, -0.25) is 0 Å². The average Bonchev–Trinajstić information content (AvgIpc) is 2.87. The second kappa shape index (κ2) is 7.41. The van der Waals surface area contributed by atoms with E-state index in [9.17, 15) is 4.79 Å². The van der Waals surface area contributed by atoms with Crippen LogP contribution in [0.5, 0.6) is 11.5 Å². The fourth-order valence-electron chi connectivity index (χ4n) is 4.92. The van der Waals surface area contributed by atoms with Gasteiger partial charge in [0.05, 0.1) is 25.5 Å². The Morgan fingerprint density at radius 2 is 1.61 bits per heavy atom. The van der Waals surface area contributed by atoms with E-state index in [-0.39, 0.29) is 11.5 Å². The lowest BCUT2D eigenvalue weighted by atomic mass is 9.78. The van der Waals surface area contributed by atoms with Crippen molar-refractivity contribution >= 4 is 33.1 Å². The lowest BCUT2D eigenvalue weighted by molar-refractivity contribution is 0.390. The first-order valence-electron chi connectivity index (χ1n) is 10.8. The van der Waals surface area contributed by atoms with Gasteiger partial charge in [-0.1, -0.05) is 48.5 Å². The molecule has 5 heteroatoms. The van der Waals surface area contributed by atoms with Gasteiger partial charge in [0, 0.05) is 28.6 Å². The van der Waals surface area contributed by atoms with Gasteiger partial charge >= 0.3 is 5.63 Å². The zero-order valence-corrected chi connectivity index (χ0v) is 18.2. The van der Waals surface area contributed by atoms with E-state index in [0.29, 0.717) is 22.6 Å². The van der Waals surface area contributed by atoms with Gasteiger partial charge in [0.15, 0.2) is 0 Å². The summed E-state index contributed by atoms with van der Waals surface area (Å²) in [4.78, 5) is 13.5. The molecule has 1 aliphatic rings. The molecule has 1 N–H and O–H groups in total. The summed E-state index contributed by atoms with van der Waals surface area (Å²) >= 11 is 0. The SMILES string of the molecule is COc1ccc(C2c3c(c4ccccc4oc3=O)Nc3ccc4ccccc4c32)c(OC)c1. The molecule has 0 radical (unpaired) electrons. The summed E-state index contributed by atoms with van der Waals surface area (Å²) in [5, 5.41) is 6.59. The van der Waals surface area contributed by atoms with Crippen molar-refractivity contribution in [3.05, 3.63) is 106 Å². The standard InChI is InChI=1S/C28H21NO4/c1-31-17-12-13-19(23(15-17)32-2)25-24-18-8-4-3-7-16(18)11-14-21(24)29-27-20-9-5-6-10-22(20)33-28(30)26(25)27/h3-15,25,29H,1-2H3. The van der Waals surface area contributed by atoms with Crippen LogP contribution >= 0.6 is 0 Å². The number of methoxy groups -OCH3 is 2. The summed E-state index contributed by atoms with van der Waals surface area (Å²) in [6, 6.07) is 25.7. The van der Waals surface area contributed by atoms with Gasteiger partial charge in [-0.2, -0.15) is 0 Å². The van der Waals surface area contributed by atoms with Crippen LogP contribution in [0.4, 0.5) is 11.4 Å². The summed E-state index contributed by atoms with van der Waals surface area (Å²) < 4.78 is 17.0. The Morgan fingerprint density at radius 1 is 0.818 bits per heavy atom. The van der Waals surface area contributed by atoms with Crippen LogP contribution in [0.1, 0.15) is 22.6 Å². The van der Waals surface area contributed by atoms with Crippen molar-refractivity contribution in [3.63, 3.8) is 0 Å². The van der Waals surface area contributed by atoms with Crippen molar-refractivity contribution < 1.29 is 13.9 Å². The minimum absolute atomic E-state index is 0.363. The normalized spacial score (nSPS) is 14.4. The van der Waals surface area contributed by atoms with Gasteiger partial charge in [-0.05, 0) is 40.6 Å². The monoisotopic (exact) mass is 435 g/mol. The molecule has 0 spiro atoms. The molecule has 1 aromatic heterocycles. The van der Waals surface area contributed by atoms with E-state index in [4.69, 9.17) is 13.9 Å². The highest BCUT2D eigenvalue weighted by Gasteiger charge is 2.35. The van der Waals surface area contributed by atoms with Crippen molar-refractivity contribution in [3.8, 4) is 11.5 Å². The maximum atomic E-state index is 13.5. The zero-order chi connectivity index (χ0) is 22.5. The Kier molecular flexibility index (Phi) is 4.37. The van der Waals surface area contributed by atoms with Crippen molar-refractivity contribution in [1.29, 1.82) is 0 Å². The van der Waals surface area contributed by atoms with Crippen molar-refractivity contribution in [2.24, 2.45) is 0 Å². The third-order valence-corrected chi connectivity index (χ3v) is 6.41. The van der Waals surface area contributed by atoms with Crippen molar-refractivity contribution in [1.82, 2.24) is 0 Å². The molecular weight excluding hydrogens is 414 g/mol. The quantitative estimate of drug-likeness (QED) is 0.335. The number of para-hydroxylation sites is 1. The molecule has 1 aliphatic heterocycles. The molecule has 33 heavy (non-hydrogen) atoms. The van der Waals surface area contributed by atoms with Gasteiger partial charge < -0.3 is 19.2 Å². The van der Waals surface area contributed by atoms with E-state index >= 15 is 0 Å². The van der Waals surface area contributed by atoms with Crippen LogP contribution in [0.15, 0.2) is 88.1 Å². The summed E-state index contributed by atoms with van der Waals surface area (Å²) in [6.45, 7) is 0. The smallest absolute Gasteiger partial charge is 0.342 e. The molecule has 2 heterocycles. The lowest BCUT2D eigenvalue weighted by Crippen LogP contribution is -2.23. The first kappa shape index (κ1) is 19.4. The Morgan fingerprint density at radius 3 is 2.42 bits per heavy atom. The van der Waals surface area contributed by atoms with Crippen LogP contribution in [0.2, 0.25) is 0 Å². The number of hydrogen-bond acceptors (Lipinski definition) is 5. The summed E-state index contributed by atoms with van der Waals surface area (Å²) in [5.74, 6) is 0.955. The van der Waals surface area contributed by atoms with Crippen molar-refractivity contribution in [2.75, 3.05) is 19.5 Å². The van der Waals surface area contributed by atoms with Gasteiger partial charge in [0.2, 0.25) is 0 Å². The number of rotatable bonds is 3. The lowest BCUT2D eigenvalue weighted by Gasteiger charge is -2.31. The highest BCUT2D eigenvalue weighted by molar-refractivity contribution is 6.00. The molecule has 0 saturated carbocycles. The Hall–Kier alpha value is -4.25. The molecule has 5 aromatic rings. The van der Waals surface area contributed by atoms with Gasteiger partial charge in [-0.15, -0.1) is 0 Å². The first-order chi connectivity index (χ1) is 16.2. The molecule has 5 nitrogen and oxygen atoms in total. The molecular formula is C28H21NO4. The second-order valence-corrected chi connectivity index (χ2v) is 8.09. The third-order valence-electron chi connectivity index (χ3n) is 6.41. The van der Waals surface area contributed by atoms with E-state index in [1.54, 1.807) is 14.2 Å². The first-order valence-corrected chi connectivity index (χ1v) is 10.8. The summed E-state index contributed by atoms with van der Waals surface area (Å²) in [6.07, 6.45) is 0. The molecule has 0 saturated heterocycles. The minimum Gasteiger partial charge on any atom is -0.497 e. The molecule has 0 fully saturated rings. The summed E-state index contributed by atoms with van der Waals surface area (Å²) in [5.41, 5.74) is 4.39. The number of anilines is 2. The zero-order valence-electron chi connectivity index (χ0n) is 18.2. The molecule has 162 valence electrons. The molecule has 4 aromatic carbocycles. The van der Waals surface area contributed by atoms with E-state index in [0.717, 1.165) is 38.7 Å². The maximum absolute atomic E-state index is 13.5. The minimum atomic E-state index is -0.385. The van der Waals surface area contributed by atoms with Crippen LogP contribution in [0.3, 0.4) is 0 Å².